The molecule has 0 radical (unpaired) electrons. The van der Waals surface area contributed by atoms with E-state index in [2.05, 4.69) is 0 Å². The molecule has 0 fully saturated rings. The summed E-state index contributed by atoms with van der Waals surface area (Å²) in [4.78, 5) is 23.9. The first-order valence-corrected chi connectivity index (χ1v) is 9.30. The standard InChI is InChI=1S/C16H8F6I2N2O2/c17-15(18,19)9-5-7(23)1-3-11(9)25-13(27)14(28)26-12-4-2-8(24)6-10(12)16(20,21)22/h1-6H,(H,25,27)(H,26,28). The Balaban J connectivity index is 2.26. The molecule has 0 saturated carbocycles. The third-order valence-corrected chi connectivity index (χ3v) is 4.62. The van der Waals surface area contributed by atoms with Gasteiger partial charge >= 0.3 is 24.2 Å². The molecule has 0 aliphatic carbocycles. The van der Waals surface area contributed by atoms with E-state index in [4.69, 9.17) is 0 Å². The number of amides is 2. The first kappa shape index (κ1) is 22.7. The molecule has 0 aliphatic rings. The van der Waals surface area contributed by atoms with Gasteiger partial charge in [0.25, 0.3) is 0 Å². The van der Waals surface area contributed by atoms with Gasteiger partial charge in [0, 0.05) is 7.14 Å². The van der Waals surface area contributed by atoms with Crippen LogP contribution in [-0.4, -0.2) is 11.8 Å². The number of benzene rings is 2. The number of alkyl halides is 6. The third kappa shape index (κ3) is 5.71. The molecule has 0 bridgehead atoms. The molecule has 12 heteroatoms. The molecule has 2 amide bonds. The largest absolute Gasteiger partial charge is 0.418 e. The number of anilines is 2. The van der Waals surface area contributed by atoms with Crippen molar-refractivity contribution in [1.29, 1.82) is 0 Å². The van der Waals surface area contributed by atoms with Gasteiger partial charge in [-0.25, -0.2) is 0 Å². The van der Waals surface area contributed by atoms with Crippen molar-refractivity contribution >= 4 is 68.4 Å². The predicted molar refractivity (Wildman–Crippen MR) is 106 cm³/mol. The van der Waals surface area contributed by atoms with Gasteiger partial charge in [-0.2, -0.15) is 26.3 Å². The lowest BCUT2D eigenvalue weighted by Gasteiger charge is -2.16. The SMILES string of the molecule is O=C(Nc1ccc(I)cc1C(F)(F)F)C(=O)Nc1ccc(I)cc1C(F)(F)F. The summed E-state index contributed by atoms with van der Waals surface area (Å²) in [5.41, 5.74) is -3.75. The summed E-state index contributed by atoms with van der Waals surface area (Å²) < 4.78 is 78.9. The van der Waals surface area contributed by atoms with Crippen LogP contribution < -0.4 is 10.6 Å². The maximum absolute atomic E-state index is 13.1. The first-order valence-electron chi connectivity index (χ1n) is 7.15. The Morgan fingerprint density at radius 2 is 1.00 bits per heavy atom. The van der Waals surface area contributed by atoms with Crippen LogP contribution in [0.15, 0.2) is 36.4 Å². The fourth-order valence-electron chi connectivity index (χ4n) is 2.08. The molecule has 0 saturated heterocycles. The average Bonchev–Trinajstić information content (AvgIpc) is 2.56. The summed E-state index contributed by atoms with van der Waals surface area (Å²) in [7, 11) is 0. The van der Waals surface area contributed by atoms with E-state index in [1.807, 2.05) is 0 Å². The van der Waals surface area contributed by atoms with Crippen LogP contribution in [0, 0.1) is 7.14 Å². The van der Waals surface area contributed by atoms with Gasteiger partial charge < -0.3 is 10.6 Å². The first-order chi connectivity index (χ1) is 12.8. The lowest BCUT2D eigenvalue weighted by atomic mass is 10.1. The number of carbonyl (C=O) groups excluding carboxylic acids is 2. The highest BCUT2D eigenvalue weighted by atomic mass is 127. The molecular formula is C16H8F6I2N2O2. The Labute approximate surface area is 181 Å². The Bertz CT molecular complexity index is 853. The fraction of sp³-hybridized carbons (Fsp3) is 0.125. The predicted octanol–water partition coefficient (Wildman–Crippen LogP) is 5.51. The van der Waals surface area contributed by atoms with Crippen molar-refractivity contribution in [2.75, 3.05) is 10.6 Å². The van der Waals surface area contributed by atoms with Crippen molar-refractivity contribution < 1.29 is 35.9 Å². The topological polar surface area (TPSA) is 58.2 Å². The van der Waals surface area contributed by atoms with Gasteiger partial charge in [0.1, 0.15) is 0 Å². The van der Waals surface area contributed by atoms with E-state index in [1.54, 1.807) is 55.8 Å². The van der Waals surface area contributed by atoms with Crippen LogP contribution in [-0.2, 0) is 21.9 Å². The molecule has 0 spiro atoms. The molecule has 4 nitrogen and oxygen atoms in total. The van der Waals surface area contributed by atoms with Crippen molar-refractivity contribution in [3.63, 3.8) is 0 Å². The number of halogens is 8. The maximum Gasteiger partial charge on any atom is 0.418 e. The number of hydrogen-bond acceptors (Lipinski definition) is 2. The van der Waals surface area contributed by atoms with Crippen molar-refractivity contribution in [3.05, 3.63) is 54.7 Å². The molecule has 0 aliphatic heterocycles. The summed E-state index contributed by atoms with van der Waals surface area (Å²) >= 11 is 3.28. The molecule has 0 aromatic heterocycles. The third-order valence-electron chi connectivity index (χ3n) is 3.28. The normalized spacial score (nSPS) is 11.9. The Morgan fingerprint density at radius 3 is 1.29 bits per heavy atom. The summed E-state index contributed by atoms with van der Waals surface area (Å²) in [5, 5.41) is 3.55. The molecule has 28 heavy (non-hydrogen) atoms. The highest BCUT2D eigenvalue weighted by Gasteiger charge is 2.36. The number of hydrogen-bond donors (Lipinski definition) is 2. The smallest absolute Gasteiger partial charge is 0.317 e. The summed E-state index contributed by atoms with van der Waals surface area (Å²) in [6, 6.07) is 5.95. The Hall–Kier alpha value is -1.58. The zero-order valence-electron chi connectivity index (χ0n) is 13.3. The van der Waals surface area contributed by atoms with Gasteiger partial charge in [-0.15, -0.1) is 0 Å². The van der Waals surface area contributed by atoms with Crippen molar-refractivity contribution in [2.24, 2.45) is 0 Å². The van der Waals surface area contributed by atoms with E-state index in [-0.39, 0.29) is 7.14 Å². The van der Waals surface area contributed by atoms with Crippen LogP contribution in [0.4, 0.5) is 37.7 Å². The number of carbonyl (C=O) groups is 2. The van der Waals surface area contributed by atoms with Crippen LogP contribution in [0.25, 0.3) is 0 Å². The van der Waals surface area contributed by atoms with E-state index in [9.17, 15) is 35.9 Å². The zero-order valence-corrected chi connectivity index (χ0v) is 17.6. The van der Waals surface area contributed by atoms with Gasteiger partial charge in [-0.05, 0) is 81.6 Å². The van der Waals surface area contributed by atoms with Gasteiger partial charge in [0.2, 0.25) is 0 Å². The fourth-order valence-corrected chi connectivity index (χ4v) is 3.06. The molecule has 0 atom stereocenters. The minimum absolute atomic E-state index is 0.237. The molecule has 2 aromatic carbocycles. The molecule has 2 rings (SSSR count). The Kier molecular flexibility index (Phi) is 6.83. The number of nitrogens with one attached hydrogen (secondary N) is 2. The summed E-state index contributed by atoms with van der Waals surface area (Å²) in [6.45, 7) is 0. The average molecular weight is 628 g/mol. The van der Waals surface area contributed by atoms with Crippen LogP contribution in [0.3, 0.4) is 0 Å². The second-order valence-corrected chi connectivity index (χ2v) is 7.77. The monoisotopic (exact) mass is 628 g/mol. The number of rotatable bonds is 2. The van der Waals surface area contributed by atoms with E-state index in [0.29, 0.717) is 0 Å². The minimum Gasteiger partial charge on any atom is -0.317 e. The summed E-state index contributed by atoms with van der Waals surface area (Å²) in [5.74, 6) is -3.09. The van der Waals surface area contributed by atoms with Crippen LogP contribution >= 0.6 is 45.2 Å². The highest BCUT2D eigenvalue weighted by Crippen LogP contribution is 2.37. The molecule has 150 valence electrons. The van der Waals surface area contributed by atoms with Crippen LogP contribution in [0.1, 0.15) is 11.1 Å². The van der Waals surface area contributed by atoms with Gasteiger partial charge in [0.05, 0.1) is 22.5 Å². The molecule has 2 N–H and O–H groups in total. The van der Waals surface area contributed by atoms with Gasteiger partial charge in [0.15, 0.2) is 0 Å². The van der Waals surface area contributed by atoms with Crippen molar-refractivity contribution in [2.45, 2.75) is 12.4 Å². The molecule has 0 heterocycles. The van der Waals surface area contributed by atoms with Crippen LogP contribution in [0.2, 0.25) is 0 Å². The van der Waals surface area contributed by atoms with E-state index < -0.39 is 46.7 Å². The Morgan fingerprint density at radius 1 is 0.679 bits per heavy atom. The lowest BCUT2D eigenvalue weighted by Crippen LogP contribution is -2.31. The second-order valence-electron chi connectivity index (χ2n) is 5.28. The minimum atomic E-state index is -4.81. The van der Waals surface area contributed by atoms with Crippen molar-refractivity contribution in [3.8, 4) is 0 Å². The maximum atomic E-state index is 13.1. The van der Waals surface area contributed by atoms with Gasteiger partial charge in [-0.3, -0.25) is 9.59 Å². The summed E-state index contributed by atoms with van der Waals surface area (Å²) in [6.07, 6.45) is -9.61. The molecular weight excluding hydrogens is 620 g/mol. The highest BCUT2D eigenvalue weighted by molar-refractivity contribution is 14.1. The van der Waals surface area contributed by atoms with E-state index in [1.165, 1.54) is 12.1 Å². The second kappa shape index (κ2) is 8.42. The van der Waals surface area contributed by atoms with Crippen molar-refractivity contribution in [1.82, 2.24) is 0 Å². The lowest BCUT2D eigenvalue weighted by molar-refractivity contribution is -0.138. The zero-order chi connectivity index (χ0) is 21.3. The molecule has 2 aromatic rings. The van der Waals surface area contributed by atoms with E-state index >= 15 is 0 Å². The molecule has 0 unspecified atom stereocenters. The van der Waals surface area contributed by atoms with Crippen LogP contribution in [0.5, 0.6) is 0 Å². The van der Waals surface area contributed by atoms with E-state index in [0.717, 1.165) is 24.3 Å². The quantitative estimate of drug-likeness (QED) is 0.262. The van der Waals surface area contributed by atoms with Gasteiger partial charge in [-0.1, -0.05) is 0 Å².